The number of nitrogens with one attached hydrogen (secondary N) is 1. The van der Waals surface area contributed by atoms with Gasteiger partial charge >= 0.3 is 0 Å². The van der Waals surface area contributed by atoms with E-state index in [2.05, 4.69) is 20.4 Å². The second kappa shape index (κ2) is 7.65. The van der Waals surface area contributed by atoms with Gasteiger partial charge in [-0.2, -0.15) is 0 Å². The summed E-state index contributed by atoms with van der Waals surface area (Å²) in [5, 5.41) is 8.63. The molecule has 1 fully saturated rings. The summed E-state index contributed by atoms with van der Waals surface area (Å²) in [4.78, 5) is 14.9. The van der Waals surface area contributed by atoms with E-state index < -0.39 is 0 Å². The molecule has 8 heteroatoms. The molecular formula is C22H22ClN5O2. The lowest BCUT2D eigenvalue weighted by Crippen LogP contribution is -2.45. The SMILES string of the molecule is COc1nc(C2=NOC(c3ccc(Cl)cc3)C(C3CC3)N2)ccc1-n1cnc(C)c1. The Morgan fingerprint density at radius 2 is 1.97 bits per heavy atom. The molecule has 30 heavy (non-hydrogen) atoms. The van der Waals surface area contributed by atoms with Crippen molar-refractivity contribution in [3.63, 3.8) is 0 Å². The number of nitrogens with zero attached hydrogens (tertiary/aromatic N) is 4. The van der Waals surface area contributed by atoms with Crippen molar-refractivity contribution in [2.75, 3.05) is 7.11 Å². The molecule has 1 saturated carbocycles. The molecule has 2 aliphatic rings. The molecule has 0 saturated heterocycles. The van der Waals surface area contributed by atoms with Crippen molar-refractivity contribution in [1.82, 2.24) is 19.9 Å². The van der Waals surface area contributed by atoms with Crippen molar-refractivity contribution in [2.45, 2.75) is 31.9 Å². The summed E-state index contributed by atoms with van der Waals surface area (Å²) in [7, 11) is 1.61. The molecule has 0 bridgehead atoms. The first-order valence-electron chi connectivity index (χ1n) is 9.94. The van der Waals surface area contributed by atoms with Crippen molar-refractivity contribution in [2.24, 2.45) is 11.1 Å². The second-order valence-corrected chi connectivity index (χ2v) is 8.11. The highest BCUT2D eigenvalue weighted by Gasteiger charge is 2.42. The molecule has 1 aliphatic heterocycles. The molecule has 154 valence electrons. The van der Waals surface area contributed by atoms with E-state index >= 15 is 0 Å². The van der Waals surface area contributed by atoms with Crippen LogP contribution >= 0.6 is 11.6 Å². The van der Waals surface area contributed by atoms with E-state index in [4.69, 9.17) is 21.2 Å². The quantitative estimate of drug-likeness (QED) is 0.670. The Bertz CT molecular complexity index is 1090. The minimum atomic E-state index is -0.159. The number of halogens is 1. The maximum Gasteiger partial charge on any atom is 0.238 e. The zero-order valence-electron chi connectivity index (χ0n) is 16.7. The Hall–Kier alpha value is -3.06. The molecule has 1 aliphatic carbocycles. The standard InChI is InChI=1S/C22H22ClN5O2/c1-13-11-28(12-24-13)18-10-9-17(25-22(18)29-2)21-26-19(14-3-4-14)20(30-27-21)15-5-7-16(23)8-6-15/h5-12,14,19-20H,3-4H2,1-2H3,(H,26,27). The fourth-order valence-electron chi connectivity index (χ4n) is 3.76. The topological polar surface area (TPSA) is 73.6 Å². The molecule has 5 rings (SSSR count). The van der Waals surface area contributed by atoms with Crippen LogP contribution in [-0.2, 0) is 4.84 Å². The molecule has 0 radical (unpaired) electrons. The van der Waals surface area contributed by atoms with E-state index in [1.54, 1.807) is 13.4 Å². The Morgan fingerprint density at radius 3 is 2.63 bits per heavy atom. The van der Waals surface area contributed by atoms with Gasteiger partial charge in [-0.25, -0.2) is 9.97 Å². The average molecular weight is 424 g/mol. The van der Waals surface area contributed by atoms with Crippen LogP contribution in [-0.4, -0.2) is 33.5 Å². The third-order valence-corrected chi connectivity index (χ3v) is 5.73. The summed E-state index contributed by atoms with van der Waals surface area (Å²) in [6.07, 6.45) is 5.86. The molecule has 2 aromatic heterocycles. The number of methoxy groups -OCH3 is 1. The number of ether oxygens (including phenoxy) is 1. The molecule has 0 spiro atoms. The first kappa shape index (κ1) is 18.9. The minimum absolute atomic E-state index is 0.127. The highest BCUT2D eigenvalue weighted by atomic mass is 35.5. The number of hydrogen-bond donors (Lipinski definition) is 1. The Balaban J connectivity index is 1.45. The van der Waals surface area contributed by atoms with Crippen LogP contribution < -0.4 is 10.1 Å². The smallest absolute Gasteiger partial charge is 0.238 e. The van der Waals surface area contributed by atoms with Gasteiger partial charge < -0.3 is 19.5 Å². The van der Waals surface area contributed by atoms with Crippen LogP contribution in [0.25, 0.3) is 5.69 Å². The van der Waals surface area contributed by atoms with E-state index in [9.17, 15) is 0 Å². The predicted molar refractivity (Wildman–Crippen MR) is 114 cm³/mol. The van der Waals surface area contributed by atoms with Crippen LogP contribution in [0.15, 0.2) is 54.1 Å². The van der Waals surface area contributed by atoms with E-state index in [0.29, 0.717) is 28.4 Å². The van der Waals surface area contributed by atoms with Crippen LogP contribution in [0.5, 0.6) is 5.88 Å². The lowest BCUT2D eigenvalue weighted by Gasteiger charge is -2.32. The number of hydrogen-bond acceptors (Lipinski definition) is 6. The van der Waals surface area contributed by atoms with Gasteiger partial charge in [-0.05, 0) is 55.5 Å². The predicted octanol–water partition coefficient (Wildman–Crippen LogP) is 4.04. The minimum Gasteiger partial charge on any atom is -0.479 e. The Labute approximate surface area is 179 Å². The van der Waals surface area contributed by atoms with E-state index in [1.165, 1.54) is 12.8 Å². The molecule has 1 N–H and O–H groups in total. The monoisotopic (exact) mass is 423 g/mol. The number of aromatic nitrogens is 3. The van der Waals surface area contributed by atoms with Crippen molar-refractivity contribution < 1.29 is 9.57 Å². The average Bonchev–Trinajstić information content (AvgIpc) is 3.54. The lowest BCUT2D eigenvalue weighted by molar-refractivity contribution is 0.0143. The molecule has 3 heterocycles. The van der Waals surface area contributed by atoms with Gasteiger partial charge in [-0.15, -0.1) is 0 Å². The van der Waals surface area contributed by atoms with Gasteiger partial charge in [0.05, 0.1) is 25.2 Å². The van der Waals surface area contributed by atoms with Gasteiger partial charge in [-0.1, -0.05) is 28.9 Å². The summed E-state index contributed by atoms with van der Waals surface area (Å²) in [6.45, 7) is 1.94. The Kier molecular flexibility index (Phi) is 4.83. The van der Waals surface area contributed by atoms with Gasteiger partial charge in [0, 0.05) is 11.2 Å². The van der Waals surface area contributed by atoms with E-state index in [1.807, 2.05) is 54.1 Å². The van der Waals surface area contributed by atoms with Gasteiger partial charge in [-0.3, -0.25) is 0 Å². The highest BCUT2D eigenvalue weighted by Crippen LogP contribution is 2.41. The number of oxime groups is 1. The van der Waals surface area contributed by atoms with Crippen LogP contribution in [0.3, 0.4) is 0 Å². The van der Waals surface area contributed by atoms with Gasteiger partial charge in [0.15, 0.2) is 11.9 Å². The summed E-state index contributed by atoms with van der Waals surface area (Å²) >= 11 is 6.04. The van der Waals surface area contributed by atoms with E-state index in [-0.39, 0.29) is 12.1 Å². The summed E-state index contributed by atoms with van der Waals surface area (Å²) < 4.78 is 7.42. The molecule has 3 aromatic rings. The van der Waals surface area contributed by atoms with Crippen molar-refractivity contribution in [3.8, 4) is 11.6 Å². The third kappa shape index (κ3) is 3.61. The first-order valence-corrected chi connectivity index (χ1v) is 10.3. The number of aryl methyl sites for hydroxylation is 1. The lowest BCUT2D eigenvalue weighted by atomic mass is 9.97. The Morgan fingerprint density at radius 1 is 1.17 bits per heavy atom. The fraction of sp³-hybridized carbons (Fsp3) is 0.318. The van der Waals surface area contributed by atoms with Crippen LogP contribution in [0, 0.1) is 12.8 Å². The van der Waals surface area contributed by atoms with Gasteiger partial charge in [0.1, 0.15) is 11.4 Å². The number of benzene rings is 1. The summed E-state index contributed by atoms with van der Waals surface area (Å²) in [5.41, 5.74) is 3.47. The van der Waals surface area contributed by atoms with Crippen molar-refractivity contribution in [1.29, 1.82) is 0 Å². The largest absolute Gasteiger partial charge is 0.479 e. The summed E-state index contributed by atoms with van der Waals surface area (Å²) in [6, 6.07) is 11.7. The summed E-state index contributed by atoms with van der Waals surface area (Å²) in [5.74, 6) is 1.66. The fourth-order valence-corrected chi connectivity index (χ4v) is 3.89. The van der Waals surface area contributed by atoms with Gasteiger partial charge in [0.2, 0.25) is 5.88 Å². The maximum absolute atomic E-state index is 6.04. The molecule has 0 amide bonds. The van der Waals surface area contributed by atoms with Crippen LogP contribution in [0.2, 0.25) is 5.02 Å². The van der Waals surface area contributed by atoms with Crippen molar-refractivity contribution in [3.05, 3.63) is 70.9 Å². The maximum atomic E-state index is 6.04. The molecule has 7 nitrogen and oxygen atoms in total. The zero-order valence-corrected chi connectivity index (χ0v) is 17.5. The van der Waals surface area contributed by atoms with Gasteiger partial charge in [0.25, 0.3) is 0 Å². The third-order valence-electron chi connectivity index (χ3n) is 5.48. The molecular weight excluding hydrogens is 402 g/mol. The highest BCUT2D eigenvalue weighted by molar-refractivity contribution is 6.30. The van der Waals surface area contributed by atoms with Crippen LogP contribution in [0.1, 0.15) is 35.9 Å². The zero-order chi connectivity index (χ0) is 20.7. The number of amidine groups is 1. The number of imidazole rings is 1. The normalized spacial score (nSPS) is 20.8. The molecule has 2 atom stereocenters. The van der Waals surface area contributed by atoms with E-state index in [0.717, 1.165) is 16.9 Å². The van der Waals surface area contributed by atoms with Crippen molar-refractivity contribution >= 4 is 17.4 Å². The molecule has 1 aromatic carbocycles. The second-order valence-electron chi connectivity index (χ2n) is 7.67. The van der Waals surface area contributed by atoms with Crippen LogP contribution in [0.4, 0.5) is 0 Å². The first-order chi connectivity index (χ1) is 14.6. The molecule has 2 unspecified atom stereocenters. The number of rotatable bonds is 5. The number of pyridine rings is 1.